The lowest BCUT2D eigenvalue weighted by atomic mass is 10.0. The van der Waals surface area contributed by atoms with E-state index in [1.807, 2.05) is 0 Å². The Morgan fingerprint density at radius 1 is 1.00 bits per heavy atom. The minimum atomic E-state index is 0.436. The fourth-order valence-corrected chi connectivity index (χ4v) is 2.60. The highest BCUT2D eigenvalue weighted by molar-refractivity contribution is 9.08. The average Bonchev–Trinajstić information content (AvgIpc) is 2.38. The molecule has 1 aromatic rings. The Kier molecular flexibility index (Phi) is 5.95. The average molecular weight is 309 g/mol. The summed E-state index contributed by atoms with van der Waals surface area (Å²) in [5.74, 6) is 0. The van der Waals surface area contributed by atoms with E-state index < -0.39 is 0 Å². The second kappa shape index (κ2) is 7.75. The van der Waals surface area contributed by atoms with Crippen LogP contribution in [0.3, 0.4) is 0 Å². The SMILES string of the molecule is BrCc1ccc(COC2CC/C=C\CCC2)cc1. The normalized spacial score (nSPS) is 22.2. The van der Waals surface area contributed by atoms with Gasteiger partial charge in [0.2, 0.25) is 0 Å². The molecule has 98 valence electrons. The van der Waals surface area contributed by atoms with Crippen LogP contribution in [-0.4, -0.2) is 6.10 Å². The molecule has 1 nitrogen and oxygen atoms in total. The van der Waals surface area contributed by atoms with Crippen molar-refractivity contribution in [1.29, 1.82) is 0 Å². The van der Waals surface area contributed by atoms with Crippen LogP contribution >= 0.6 is 15.9 Å². The largest absolute Gasteiger partial charge is 0.374 e. The first-order chi connectivity index (χ1) is 8.88. The lowest BCUT2D eigenvalue weighted by Gasteiger charge is -2.18. The number of halogens is 1. The van der Waals surface area contributed by atoms with Crippen molar-refractivity contribution < 1.29 is 4.74 Å². The molecule has 0 spiro atoms. The molecule has 2 heteroatoms. The Balaban J connectivity index is 1.80. The van der Waals surface area contributed by atoms with Gasteiger partial charge in [0.15, 0.2) is 0 Å². The minimum absolute atomic E-state index is 0.436. The van der Waals surface area contributed by atoms with E-state index in [2.05, 4.69) is 52.3 Å². The van der Waals surface area contributed by atoms with E-state index in [9.17, 15) is 0 Å². The summed E-state index contributed by atoms with van der Waals surface area (Å²) in [5, 5.41) is 0.920. The predicted octanol–water partition coefficient (Wildman–Crippen LogP) is 4.99. The standard InChI is InChI=1S/C16H21BrO/c17-12-14-8-10-15(11-9-14)13-18-16-6-4-2-1-3-5-7-16/h1-2,8-11,16H,3-7,12-13H2/b2-1-. The summed E-state index contributed by atoms with van der Waals surface area (Å²) < 4.78 is 6.03. The Hall–Kier alpha value is -0.600. The number of rotatable bonds is 4. The molecule has 2 rings (SSSR count). The molecule has 0 aromatic heterocycles. The summed E-state index contributed by atoms with van der Waals surface area (Å²) in [4.78, 5) is 0. The first-order valence-electron chi connectivity index (χ1n) is 6.79. The first-order valence-corrected chi connectivity index (χ1v) is 7.91. The van der Waals surface area contributed by atoms with E-state index in [-0.39, 0.29) is 0 Å². The highest BCUT2D eigenvalue weighted by Crippen LogP contribution is 2.17. The zero-order valence-electron chi connectivity index (χ0n) is 10.8. The fourth-order valence-electron chi connectivity index (χ4n) is 2.23. The number of hydrogen-bond donors (Lipinski definition) is 0. The second-order valence-corrected chi connectivity index (χ2v) is 5.42. The molecule has 1 aromatic carbocycles. The van der Waals surface area contributed by atoms with Gasteiger partial charge in [-0.25, -0.2) is 0 Å². The van der Waals surface area contributed by atoms with Crippen LogP contribution < -0.4 is 0 Å². The molecule has 1 atom stereocenters. The van der Waals surface area contributed by atoms with Crippen molar-refractivity contribution in [2.24, 2.45) is 0 Å². The molecule has 1 unspecified atom stereocenters. The molecule has 0 N–H and O–H groups in total. The quantitative estimate of drug-likeness (QED) is 0.562. The van der Waals surface area contributed by atoms with E-state index >= 15 is 0 Å². The smallest absolute Gasteiger partial charge is 0.0720 e. The molecule has 0 saturated carbocycles. The van der Waals surface area contributed by atoms with E-state index in [0.29, 0.717) is 6.10 Å². The van der Waals surface area contributed by atoms with Crippen molar-refractivity contribution in [1.82, 2.24) is 0 Å². The van der Waals surface area contributed by atoms with Crippen LogP contribution in [0.1, 0.15) is 43.2 Å². The topological polar surface area (TPSA) is 9.23 Å². The van der Waals surface area contributed by atoms with Gasteiger partial charge in [0, 0.05) is 5.33 Å². The summed E-state index contributed by atoms with van der Waals surface area (Å²) in [6.07, 6.45) is 11.0. The zero-order valence-corrected chi connectivity index (χ0v) is 12.4. The summed E-state index contributed by atoms with van der Waals surface area (Å²) in [7, 11) is 0. The predicted molar refractivity (Wildman–Crippen MR) is 79.9 cm³/mol. The number of ether oxygens (including phenoxy) is 1. The van der Waals surface area contributed by atoms with E-state index in [1.54, 1.807) is 0 Å². The van der Waals surface area contributed by atoms with E-state index in [0.717, 1.165) is 24.8 Å². The van der Waals surface area contributed by atoms with Crippen molar-refractivity contribution in [3.8, 4) is 0 Å². The third kappa shape index (κ3) is 4.58. The van der Waals surface area contributed by atoms with Gasteiger partial charge in [-0.05, 0) is 43.2 Å². The summed E-state index contributed by atoms with van der Waals surface area (Å²) in [6.45, 7) is 0.747. The maximum atomic E-state index is 6.03. The van der Waals surface area contributed by atoms with Crippen LogP contribution in [0.4, 0.5) is 0 Å². The molecule has 1 aliphatic carbocycles. The van der Waals surface area contributed by atoms with Gasteiger partial charge in [0.05, 0.1) is 12.7 Å². The van der Waals surface area contributed by atoms with Crippen molar-refractivity contribution in [2.45, 2.75) is 50.1 Å². The van der Waals surface area contributed by atoms with Crippen molar-refractivity contribution >= 4 is 15.9 Å². The maximum Gasteiger partial charge on any atom is 0.0720 e. The maximum absolute atomic E-state index is 6.03. The van der Waals surface area contributed by atoms with Gasteiger partial charge < -0.3 is 4.74 Å². The summed E-state index contributed by atoms with van der Waals surface area (Å²) in [6, 6.07) is 8.65. The molecular formula is C16H21BrO. The van der Waals surface area contributed by atoms with Gasteiger partial charge in [0.25, 0.3) is 0 Å². The molecule has 0 amide bonds. The van der Waals surface area contributed by atoms with Gasteiger partial charge in [-0.2, -0.15) is 0 Å². The monoisotopic (exact) mass is 308 g/mol. The Morgan fingerprint density at radius 3 is 2.50 bits per heavy atom. The van der Waals surface area contributed by atoms with E-state index in [1.165, 1.54) is 30.4 Å². The number of allylic oxidation sites excluding steroid dienone is 2. The van der Waals surface area contributed by atoms with Gasteiger partial charge in [-0.1, -0.05) is 52.3 Å². The first kappa shape index (κ1) is 13.8. The highest BCUT2D eigenvalue weighted by atomic mass is 79.9. The Morgan fingerprint density at radius 2 is 1.72 bits per heavy atom. The third-order valence-electron chi connectivity index (χ3n) is 3.38. The number of alkyl halides is 1. The van der Waals surface area contributed by atoms with Crippen molar-refractivity contribution in [2.75, 3.05) is 0 Å². The number of benzene rings is 1. The molecule has 0 bridgehead atoms. The lowest BCUT2D eigenvalue weighted by molar-refractivity contribution is 0.0284. The van der Waals surface area contributed by atoms with Crippen LogP contribution in [0.25, 0.3) is 0 Å². The van der Waals surface area contributed by atoms with Gasteiger partial charge in [-0.15, -0.1) is 0 Å². The molecule has 0 saturated heterocycles. The molecule has 0 radical (unpaired) electrons. The fraction of sp³-hybridized carbons (Fsp3) is 0.500. The molecule has 0 aliphatic heterocycles. The van der Waals surface area contributed by atoms with Crippen LogP contribution in [0.15, 0.2) is 36.4 Å². The molecule has 1 aliphatic rings. The van der Waals surface area contributed by atoms with E-state index in [4.69, 9.17) is 4.74 Å². The van der Waals surface area contributed by atoms with Crippen LogP contribution in [0, 0.1) is 0 Å². The summed E-state index contributed by atoms with van der Waals surface area (Å²) >= 11 is 3.46. The summed E-state index contributed by atoms with van der Waals surface area (Å²) in [5.41, 5.74) is 2.59. The van der Waals surface area contributed by atoms with Crippen molar-refractivity contribution in [3.05, 3.63) is 47.5 Å². The van der Waals surface area contributed by atoms with Gasteiger partial charge in [0.1, 0.15) is 0 Å². The molecular weight excluding hydrogens is 288 g/mol. The zero-order chi connectivity index (χ0) is 12.6. The number of hydrogen-bond acceptors (Lipinski definition) is 1. The third-order valence-corrected chi connectivity index (χ3v) is 4.03. The van der Waals surface area contributed by atoms with Gasteiger partial charge >= 0.3 is 0 Å². The Labute approximate surface area is 118 Å². The lowest BCUT2D eigenvalue weighted by Crippen LogP contribution is -2.13. The molecule has 18 heavy (non-hydrogen) atoms. The highest BCUT2D eigenvalue weighted by Gasteiger charge is 2.09. The van der Waals surface area contributed by atoms with Crippen LogP contribution in [0.5, 0.6) is 0 Å². The van der Waals surface area contributed by atoms with Gasteiger partial charge in [-0.3, -0.25) is 0 Å². The minimum Gasteiger partial charge on any atom is -0.374 e. The van der Waals surface area contributed by atoms with Crippen molar-refractivity contribution in [3.63, 3.8) is 0 Å². The molecule has 0 heterocycles. The van der Waals surface area contributed by atoms with Crippen LogP contribution in [-0.2, 0) is 16.7 Å². The molecule has 0 fully saturated rings. The Bertz CT molecular complexity index is 369. The van der Waals surface area contributed by atoms with Crippen LogP contribution in [0.2, 0.25) is 0 Å². The second-order valence-electron chi connectivity index (χ2n) is 4.86.